The first-order chi connectivity index (χ1) is 12.9. The Balaban J connectivity index is 1.94. The smallest absolute Gasteiger partial charge is 0.331 e. The van der Waals surface area contributed by atoms with Crippen LogP contribution in [-0.2, 0) is 14.3 Å². The van der Waals surface area contributed by atoms with Crippen LogP contribution in [0.1, 0.15) is 18.1 Å². The Bertz CT molecular complexity index is 844. The first-order valence-corrected chi connectivity index (χ1v) is 8.41. The van der Waals surface area contributed by atoms with Crippen molar-refractivity contribution in [3.63, 3.8) is 0 Å². The minimum absolute atomic E-state index is 0.445. The fourth-order valence-electron chi connectivity index (χ4n) is 2.36. The lowest BCUT2D eigenvalue weighted by Gasteiger charge is -2.14. The molecule has 0 aromatic heterocycles. The number of methoxy groups -OCH3 is 2. The van der Waals surface area contributed by atoms with Crippen LogP contribution in [0, 0.1) is 6.92 Å². The van der Waals surface area contributed by atoms with E-state index in [-0.39, 0.29) is 0 Å². The van der Waals surface area contributed by atoms with Crippen molar-refractivity contribution in [2.75, 3.05) is 19.5 Å². The summed E-state index contributed by atoms with van der Waals surface area (Å²) in [6.07, 6.45) is 2.00. The zero-order valence-electron chi connectivity index (χ0n) is 15.8. The third-order valence-corrected chi connectivity index (χ3v) is 3.77. The molecule has 0 heterocycles. The number of carbonyl (C=O) groups is 2. The van der Waals surface area contributed by atoms with E-state index in [1.54, 1.807) is 24.3 Å². The summed E-state index contributed by atoms with van der Waals surface area (Å²) < 4.78 is 15.5. The Labute approximate surface area is 158 Å². The molecule has 6 nitrogen and oxygen atoms in total. The zero-order chi connectivity index (χ0) is 19.8. The molecule has 6 heteroatoms. The van der Waals surface area contributed by atoms with Crippen molar-refractivity contribution in [3.8, 4) is 11.5 Å². The second-order valence-electron chi connectivity index (χ2n) is 5.89. The predicted octanol–water partition coefficient (Wildman–Crippen LogP) is 3.60. The van der Waals surface area contributed by atoms with Crippen molar-refractivity contribution < 1.29 is 23.8 Å². The van der Waals surface area contributed by atoms with Gasteiger partial charge in [-0.05, 0) is 37.6 Å². The van der Waals surface area contributed by atoms with Gasteiger partial charge in [-0.3, -0.25) is 4.79 Å². The molecular formula is C21H23NO5. The molecule has 2 rings (SSSR count). The lowest BCUT2D eigenvalue weighted by atomic mass is 10.1. The lowest BCUT2D eigenvalue weighted by molar-refractivity contribution is -0.148. The van der Waals surface area contributed by atoms with Crippen LogP contribution < -0.4 is 14.8 Å². The summed E-state index contributed by atoms with van der Waals surface area (Å²) in [6, 6.07) is 12.7. The molecule has 1 atom stereocenters. The Morgan fingerprint density at radius 1 is 1.04 bits per heavy atom. The summed E-state index contributed by atoms with van der Waals surface area (Å²) in [7, 11) is 3.04. The van der Waals surface area contributed by atoms with Gasteiger partial charge in [0, 0.05) is 17.8 Å². The summed E-state index contributed by atoms with van der Waals surface area (Å²) in [4.78, 5) is 24.2. The highest BCUT2D eigenvalue weighted by molar-refractivity contribution is 5.96. The van der Waals surface area contributed by atoms with E-state index in [1.807, 2.05) is 31.2 Å². The number of anilines is 1. The zero-order valence-corrected chi connectivity index (χ0v) is 15.8. The van der Waals surface area contributed by atoms with Crippen molar-refractivity contribution in [1.29, 1.82) is 0 Å². The number of aryl methyl sites for hydroxylation is 1. The average Bonchev–Trinajstić information content (AvgIpc) is 2.66. The normalized spacial score (nSPS) is 11.7. The maximum atomic E-state index is 12.2. The van der Waals surface area contributed by atoms with Crippen LogP contribution in [0.2, 0.25) is 0 Å². The van der Waals surface area contributed by atoms with Crippen LogP contribution in [-0.4, -0.2) is 32.2 Å². The molecule has 0 fully saturated rings. The number of ether oxygens (including phenoxy) is 3. The Morgan fingerprint density at radius 3 is 2.44 bits per heavy atom. The monoisotopic (exact) mass is 369 g/mol. The van der Waals surface area contributed by atoms with Crippen LogP contribution in [0.3, 0.4) is 0 Å². The highest BCUT2D eigenvalue weighted by Gasteiger charge is 2.17. The molecule has 0 saturated heterocycles. The van der Waals surface area contributed by atoms with Crippen LogP contribution >= 0.6 is 0 Å². The predicted molar refractivity (Wildman–Crippen MR) is 104 cm³/mol. The van der Waals surface area contributed by atoms with E-state index in [4.69, 9.17) is 14.2 Å². The van der Waals surface area contributed by atoms with E-state index in [0.29, 0.717) is 17.2 Å². The average molecular weight is 369 g/mol. The maximum absolute atomic E-state index is 12.2. The van der Waals surface area contributed by atoms with Crippen molar-refractivity contribution in [2.45, 2.75) is 20.0 Å². The van der Waals surface area contributed by atoms with Gasteiger partial charge in [-0.1, -0.05) is 29.8 Å². The standard InChI is InChI=1S/C21H23NO5/c1-14-6-5-7-16(12-14)8-11-20(23)27-15(2)21(24)22-17-9-10-18(25-3)19(13-17)26-4/h5-13,15H,1-4H3,(H,22,24)/b11-8+/t15-/m1/s1. The van der Waals surface area contributed by atoms with E-state index in [0.717, 1.165) is 11.1 Å². The molecule has 1 N–H and O–H groups in total. The second-order valence-corrected chi connectivity index (χ2v) is 5.89. The van der Waals surface area contributed by atoms with Crippen LogP contribution in [0.5, 0.6) is 11.5 Å². The van der Waals surface area contributed by atoms with E-state index < -0.39 is 18.0 Å². The van der Waals surface area contributed by atoms with E-state index in [1.165, 1.54) is 27.2 Å². The summed E-state index contributed by atoms with van der Waals surface area (Å²) in [5.74, 6) is 0.00305. The van der Waals surface area contributed by atoms with Crippen LogP contribution in [0.15, 0.2) is 48.5 Å². The number of hydrogen-bond donors (Lipinski definition) is 1. The number of benzene rings is 2. The number of esters is 1. The number of nitrogens with one attached hydrogen (secondary N) is 1. The van der Waals surface area contributed by atoms with Crippen LogP contribution in [0.25, 0.3) is 6.08 Å². The van der Waals surface area contributed by atoms with Crippen molar-refractivity contribution >= 4 is 23.6 Å². The van der Waals surface area contributed by atoms with Gasteiger partial charge >= 0.3 is 5.97 Å². The first-order valence-electron chi connectivity index (χ1n) is 8.41. The minimum Gasteiger partial charge on any atom is -0.493 e. The fraction of sp³-hybridized carbons (Fsp3) is 0.238. The molecule has 0 aliphatic rings. The van der Waals surface area contributed by atoms with Crippen LogP contribution in [0.4, 0.5) is 5.69 Å². The quantitative estimate of drug-likeness (QED) is 0.596. The first kappa shape index (κ1) is 20.0. The Morgan fingerprint density at radius 2 is 1.78 bits per heavy atom. The molecule has 0 radical (unpaired) electrons. The van der Waals surface area contributed by atoms with Gasteiger partial charge in [0.25, 0.3) is 5.91 Å². The van der Waals surface area contributed by atoms with E-state index >= 15 is 0 Å². The maximum Gasteiger partial charge on any atom is 0.331 e. The summed E-state index contributed by atoms with van der Waals surface area (Å²) in [5.41, 5.74) is 2.48. The second kappa shape index (κ2) is 9.43. The van der Waals surface area contributed by atoms with Gasteiger partial charge in [0.2, 0.25) is 0 Å². The molecule has 142 valence electrons. The van der Waals surface area contributed by atoms with Gasteiger partial charge in [-0.15, -0.1) is 0 Å². The van der Waals surface area contributed by atoms with Gasteiger partial charge in [0.05, 0.1) is 14.2 Å². The fourth-order valence-corrected chi connectivity index (χ4v) is 2.36. The van der Waals surface area contributed by atoms with E-state index in [2.05, 4.69) is 5.32 Å². The topological polar surface area (TPSA) is 73.9 Å². The number of amides is 1. The number of carbonyl (C=O) groups excluding carboxylic acids is 2. The van der Waals surface area contributed by atoms with Gasteiger partial charge in [-0.25, -0.2) is 4.79 Å². The molecule has 0 aliphatic heterocycles. The summed E-state index contributed by atoms with van der Waals surface area (Å²) in [6.45, 7) is 3.48. The molecule has 0 unspecified atom stereocenters. The van der Waals surface area contributed by atoms with E-state index in [9.17, 15) is 9.59 Å². The Hall–Kier alpha value is -3.28. The van der Waals surface area contributed by atoms with Crippen molar-refractivity contribution in [1.82, 2.24) is 0 Å². The summed E-state index contributed by atoms with van der Waals surface area (Å²) in [5, 5.41) is 2.68. The molecule has 0 aliphatic carbocycles. The summed E-state index contributed by atoms with van der Waals surface area (Å²) >= 11 is 0. The van der Waals surface area contributed by atoms with Gasteiger partial charge in [-0.2, -0.15) is 0 Å². The number of rotatable bonds is 7. The van der Waals surface area contributed by atoms with Crippen molar-refractivity contribution in [3.05, 3.63) is 59.7 Å². The lowest BCUT2D eigenvalue weighted by Crippen LogP contribution is -2.29. The van der Waals surface area contributed by atoms with Crippen molar-refractivity contribution in [2.24, 2.45) is 0 Å². The molecule has 0 bridgehead atoms. The van der Waals surface area contributed by atoms with Gasteiger partial charge in [0.1, 0.15) is 0 Å². The molecule has 27 heavy (non-hydrogen) atoms. The molecular weight excluding hydrogens is 346 g/mol. The molecule has 2 aromatic rings. The molecule has 1 amide bonds. The number of hydrogen-bond acceptors (Lipinski definition) is 5. The van der Waals surface area contributed by atoms with Gasteiger partial charge in [0.15, 0.2) is 17.6 Å². The largest absolute Gasteiger partial charge is 0.493 e. The SMILES string of the molecule is COc1ccc(NC(=O)[C@@H](C)OC(=O)/C=C/c2cccc(C)c2)cc1OC. The van der Waals surface area contributed by atoms with Gasteiger partial charge < -0.3 is 19.5 Å². The molecule has 0 spiro atoms. The highest BCUT2D eigenvalue weighted by atomic mass is 16.5. The highest BCUT2D eigenvalue weighted by Crippen LogP contribution is 2.29. The Kier molecular flexibility index (Phi) is 7.00. The third-order valence-electron chi connectivity index (χ3n) is 3.77. The minimum atomic E-state index is -0.951. The molecule has 2 aromatic carbocycles. The molecule has 0 saturated carbocycles. The third kappa shape index (κ3) is 5.88.